The molecule has 14 aromatic carbocycles. The number of hydrogen-bond donors (Lipinski definition) is 0. The Morgan fingerprint density at radius 2 is 0.551 bits per heavy atom. The van der Waals surface area contributed by atoms with E-state index < -0.39 is 0 Å². The first-order valence-electron chi connectivity index (χ1n) is 26.8. The standard InChI is InChI=1S/4C16H14.C12H12.2CH4/c1-11-5-3-7-13-9-14-8-4-6-12(2)16(14)10-15(11)13;1-11-6-5-8-14-10-13-7-3-4-9-15(13)12(2)16(11)14;1-11-6-5-9-15-14-8-4-3-7-13(14)10-12(2)16(11)15;1-11-6-7-13-8-9-14-5-3-4-12(2)16(14)15(13)10-11;1-9-5-3-7-11-8-4-6-10(2)12(9)11;;/h4*3-10H,1-2H3;3-8H,1-2H3;2*1H4. The Bertz CT molecular complexity index is 4310. The molecule has 0 aromatic heterocycles. The molecule has 0 nitrogen and oxygen atoms in total. The van der Waals surface area contributed by atoms with Crippen LogP contribution in [0.5, 0.6) is 0 Å². The summed E-state index contributed by atoms with van der Waals surface area (Å²) in [4.78, 5) is 0. The van der Waals surface area contributed by atoms with Gasteiger partial charge in [-0.25, -0.2) is 0 Å². The van der Waals surface area contributed by atoms with E-state index in [9.17, 15) is 0 Å². The van der Waals surface area contributed by atoms with Crippen LogP contribution in [0.2, 0.25) is 0 Å². The van der Waals surface area contributed by atoms with Gasteiger partial charge in [-0.3, -0.25) is 0 Å². The molecule has 0 N–H and O–H groups in total. The van der Waals surface area contributed by atoms with Gasteiger partial charge in [-0.05, 0) is 234 Å². The van der Waals surface area contributed by atoms with Gasteiger partial charge in [-0.1, -0.05) is 233 Å². The van der Waals surface area contributed by atoms with Crippen molar-refractivity contribution >= 4 is 97.0 Å². The molecule has 0 aliphatic heterocycles. The molecule has 0 unspecified atom stereocenters. The van der Waals surface area contributed by atoms with E-state index in [2.05, 4.69) is 300 Å². The topological polar surface area (TPSA) is 0 Å². The van der Waals surface area contributed by atoms with Gasteiger partial charge in [0.15, 0.2) is 0 Å². The highest BCUT2D eigenvalue weighted by atomic mass is 14.1. The number of fused-ring (bicyclic) bond motifs is 11. The quantitative estimate of drug-likeness (QED) is 0.105. The molecule has 0 saturated heterocycles. The normalized spacial score (nSPS) is 10.7. The summed E-state index contributed by atoms with van der Waals surface area (Å²) in [6.45, 7) is 21.8. The molecule has 14 rings (SSSR count). The first-order chi connectivity index (χ1) is 36.8. The van der Waals surface area contributed by atoms with E-state index >= 15 is 0 Å². The van der Waals surface area contributed by atoms with Crippen molar-refractivity contribution in [2.45, 2.75) is 84.1 Å². The van der Waals surface area contributed by atoms with Crippen molar-refractivity contribution in [1.29, 1.82) is 0 Å². The Balaban J connectivity index is 0.000000128. The molecule has 0 heteroatoms. The van der Waals surface area contributed by atoms with E-state index in [1.54, 1.807) is 0 Å². The van der Waals surface area contributed by atoms with Crippen LogP contribution < -0.4 is 0 Å². The minimum Gasteiger partial charge on any atom is -0.0776 e. The molecular weight excluding hydrogens is 937 g/mol. The Labute approximate surface area is 464 Å². The molecule has 0 radical (unpaired) electrons. The zero-order valence-electron chi connectivity index (χ0n) is 45.9. The molecule has 14 aromatic rings. The summed E-state index contributed by atoms with van der Waals surface area (Å²) >= 11 is 0. The van der Waals surface area contributed by atoms with Gasteiger partial charge in [0.05, 0.1) is 0 Å². The zero-order chi connectivity index (χ0) is 53.0. The third-order valence-corrected chi connectivity index (χ3v) is 15.5. The fourth-order valence-electron chi connectivity index (χ4n) is 11.7. The van der Waals surface area contributed by atoms with Crippen molar-refractivity contribution in [2.75, 3.05) is 0 Å². The van der Waals surface area contributed by atoms with Crippen LogP contribution in [0.4, 0.5) is 0 Å². The number of benzene rings is 14. The van der Waals surface area contributed by atoms with Crippen molar-refractivity contribution < 1.29 is 0 Å². The van der Waals surface area contributed by atoms with E-state index in [4.69, 9.17) is 0 Å². The third kappa shape index (κ3) is 11.4. The van der Waals surface area contributed by atoms with Gasteiger partial charge in [0, 0.05) is 0 Å². The predicted octanol–water partition coefficient (Wildman–Crippen LogP) is 23.2. The lowest BCUT2D eigenvalue weighted by atomic mass is 9.95. The van der Waals surface area contributed by atoms with Gasteiger partial charge in [-0.15, -0.1) is 0 Å². The van der Waals surface area contributed by atoms with Gasteiger partial charge >= 0.3 is 0 Å². The number of rotatable bonds is 0. The van der Waals surface area contributed by atoms with Crippen molar-refractivity contribution in [2.24, 2.45) is 0 Å². The van der Waals surface area contributed by atoms with Crippen molar-refractivity contribution in [3.8, 4) is 0 Å². The highest BCUT2D eigenvalue weighted by molar-refractivity contribution is 6.11. The summed E-state index contributed by atoms with van der Waals surface area (Å²) in [5.74, 6) is 0. The Kier molecular flexibility index (Phi) is 17.2. The summed E-state index contributed by atoms with van der Waals surface area (Å²) in [5, 5.41) is 24.5. The van der Waals surface area contributed by atoms with Crippen LogP contribution in [-0.4, -0.2) is 0 Å². The maximum atomic E-state index is 2.31. The van der Waals surface area contributed by atoms with Crippen molar-refractivity contribution in [3.63, 3.8) is 0 Å². The van der Waals surface area contributed by atoms with Crippen LogP contribution >= 0.6 is 0 Å². The van der Waals surface area contributed by atoms with E-state index in [-0.39, 0.29) is 14.9 Å². The second-order valence-corrected chi connectivity index (χ2v) is 21.0. The second kappa shape index (κ2) is 24.2. The molecule has 0 fully saturated rings. The molecule has 0 aliphatic carbocycles. The Morgan fingerprint density at radius 3 is 1.13 bits per heavy atom. The van der Waals surface area contributed by atoms with Crippen LogP contribution in [0, 0.1) is 69.2 Å². The molecule has 78 heavy (non-hydrogen) atoms. The van der Waals surface area contributed by atoms with Crippen LogP contribution in [0.1, 0.15) is 70.5 Å². The fraction of sp³-hybridized carbons (Fsp3) is 0.154. The van der Waals surface area contributed by atoms with Gasteiger partial charge in [0.25, 0.3) is 0 Å². The van der Waals surface area contributed by atoms with Crippen molar-refractivity contribution in [1.82, 2.24) is 0 Å². The highest BCUT2D eigenvalue weighted by Gasteiger charge is 2.08. The number of hydrogen-bond acceptors (Lipinski definition) is 0. The molecular formula is C78H76. The molecule has 0 amide bonds. The Hall–Kier alpha value is -8.58. The maximum Gasteiger partial charge on any atom is -0.00760 e. The summed E-state index contributed by atoms with van der Waals surface area (Å²) in [5.41, 5.74) is 13.6. The molecule has 388 valence electrons. The molecule has 0 bridgehead atoms. The summed E-state index contributed by atoms with van der Waals surface area (Å²) < 4.78 is 0. The van der Waals surface area contributed by atoms with Crippen LogP contribution in [0.15, 0.2) is 231 Å². The van der Waals surface area contributed by atoms with E-state index in [1.807, 2.05) is 0 Å². The lowest BCUT2D eigenvalue weighted by Gasteiger charge is -2.09. The van der Waals surface area contributed by atoms with Gasteiger partial charge in [-0.2, -0.15) is 0 Å². The first kappa shape index (κ1) is 55.6. The van der Waals surface area contributed by atoms with E-state index in [1.165, 1.54) is 153 Å². The molecule has 0 heterocycles. The van der Waals surface area contributed by atoms with Gasteiger partial charge in [0.1, 0.15) is 0 Å². The first-order valence-corrected chi connectivity index (χ1v) is 26.8. The Morgan fingerprint density at radius 1 is 0.179 bits per heavy atom. The van der Waals surface area contributed by atoms with E-state index in [0.29, 0.717) is 0 Å². The monoisotopic (exact) mass is 1010 g/mol. The molecule has 0 spiro atoms. The molecule has 0 atom stereocenters. The van der Waals surface area contributed by atoms with Gasteiger partial charge < -0.3 is 0 Å². The van der Waals surface area contributed by atoms with E-state index in [0.717, 1.165) is 0 Å². The highest BCUT2D eigenvalue weighted by Crippen LogP contribution is 2.33. The SMILES string of the molecule is C.C.Cc1ccc2ccc3cccc(C)c3c2c1.Cc1cccc2c1c(C)cc1ccccc12.Cc1cccc2cc3cccc(C)c3cc12.Cc1cccc2cc3ccccc3c(C)c12.Cc1cccc2cccc(C)c12. The lowest BCUT2D eigenvalue weighted by Crippen LogP contribution is -1.85. The zero-order valence-corrected chi connectivity index (χ0v) is 45.9. The molecule has 0 saturated carbocycles. The minimum atomic E-state index is 0. The summed E-state index contributed by atoms with van der Waals surface area (Å²) in [6, 6.07) is 82.8. The number of aryl methyl sites for hydroxylation is 10. The largest absolute Gasteiger partial charge is 0.0776 e. The maximum absolute atomic E-state index is 2.31. The van der Waals surface area contributed by atoms with Gasteiger partial charge in [0.2, 0.25) is 0 Å². The average Bonchev–Trinajstić information content (AvgIpc) is 3.43. The minimum absolute atomic E-state index is 0. The summed E-state index contributed by atoms with van der Waals surface area (Å²) in [6.07, 6.45) is 0. The van der Waals surface area contributed by atoms with Crippen molar-refractivity contribution in [3.05, 3.63) is 286 Å². The van der Waals surface area contributed by atoms with Crippen LogP contribution in [0.25, 0.3) is 97.0 Å². The van der Waals surface area contributed by atoms with Crippen LogP contribution in [0.3, 0.4) is 0 Å². The predicted molar refractivity (Wildman–Crippen MR) is 351 cm³/mol. The smallest absolute Gasteiger partial charge is 0.00760 e. The fourth-order valence-corrected chi connectivity index (χ4v) is 11.7. The lowest BCUT2D eigenvalue weighted by molar-refractivity contribution is 1.46. The third-order valence-electron chi connectivity index (χ3n) is 15.5. The second-order valence-electron chi connectivity index (χ2n) is 21.0. The van der Waals surface area contributed by atoms with Crippen LogP contribution in [-0.2, 0) is 0 Å². The average molecular weight is 1010 g/mol. The summed E-state index contributed by atoms with van der Waals surface area (Å²) in [7, 11) is 0. The molecule has 0 aliphatic rings.